The summed E-state index contributed by atoms with van der Waals surface area (Å²) in [4.78, 5) is 38.0. The molecule has 6 nitrogen and oxygen atoms in total. The molecule has 0 aliphatic heterocycles. The van der Waals surface area contributed by atoms with Gasteiger partial charge in [-0.3, -0.25) is 14.4 Å². The normalized spacial score (nSPS) is 12.8. The first-order valence-corrected chi connectivity index (χ1v) is 26.7. The molecule has 65 heavy (non-hydrogen) atoms. The van der Waals surface area contributed by atoms with Crippen LogP contribution >= 0.6 is 0 Å². The highest BCUT2D eigenvalue weighted by Gasteiger charge is 2.19. The third-order valence-electron chi connectivity index (χ3n) is 11.1. The summed E-state index contributed by atoms with van der Waals surface area (Å²) < 4.78 is 16.8. The number of rotatable bonds is 47. The maximum absolute atomic E-state index is 12.8. The monoisotopic (exact) mass is 903 g/mol. The maximum atomic E-state index is 12.8. The van der Waals surface area contributed by atoms with Crippen molar-refractivity contribution in [2.75, 3.05) is 13.2 Å². The van der Waals surface area contributed by atoms with Crippen LogP contribution in [0.5, 0.6) is 0 Å². The van der Waals surface area contributed by atoms with Crippen LogP contribution in [-0.4, -0.2) is 37.2 Å². The van der Waals surface area contributed by atoms with Gasteiger partial charge in [-0.2, -0.15) is 0 Å². The predicted molar refractivity (Wildman–Crippen MR) is 279 cm³/mol. The van der Waals surface area contributed by atoms with Crippen LogP contribution < -0.4 is 0 Å². The Morgan fingerprint density at radius 2 is 0.600 bits per heavy atom. The zero-order valence-electron chi connectivity index (χ0n) is 42.2. The Kier molecular flexibility index (Phi) is 50.0. The molecule has 0 fully saturated rings. The molecule has 0 amide bonds. The largest absolute Gasteiger partial charge is 0.462 e. The lowest BCUT2D eigenvalue weighted by Crippen LogP contribution is -2.30. The van der Waals surface area contributed by atoms with Crippen LogP contribution in [0.15, 0.2) is 97.2 Å². The van der Waals surface area contributed by atoms with Crippen molar-refractivity contribution in [2.45, 2.75) is 245 Å². The third kappa shape index (κ3) is 51.2. The molecule has 0 aromatic rings. The Hall–Kier alpha value is -3.67. The van der Waals surface area contributed by atoms with Gasteiger partial charge in [-0.1, -0.05) is 221 Å². The molecule has 0 aliphatic rings. The molecule has 0 saturated carbocycles. The molecular weight excluding hydrogens is 805 g/mol. The molecule has 0 saturated heterocycles. The number of carbonyl (C=O) groups is 3. The van der Waals surface area contributed by atoms with Crippen LogP contribution in [-0.2, 0) is 28.6 Å². The van der Waals surface area contributed by atoms with Gasteiger partial charge in [0.05, 0.1) is 0 Å². The van der Waals surface area contributed by atoms with Gasteiger partial charge in [-0.05, 0) is 96.3 Å². The topological polar surface area (TPSA) is 78.9 Å². The van der Waals surface area contributed by atoms with Crippen molar-refractivity contribution in [3.8, 4) is 0 Å². The Morgan fingerprint density at radius 3 is 0.938 bits per heavy atom. The summed E-state index contributed by atoms with van der Waals surface area (Å²) in [5, 5.41) is 0. The molecule has 0 bridgehead atoms. The van der Waals surface area contributed by atoms with Crippen LogP contribution in [0.4, 0.5) is 0 Å². The van der Waals surface area contributed by atoms with Gasteiger partial charge < -0.3 is 14.2 Å². The van der Waals surface area contributed by atoms with E-state index in [0.717, 1.165) is 135 Å². The molecule has 0 aromatic heterocycles. The van der Waals surface area contributed by atoms with Crippen molar-refractivity contribution >= 4 is 17.9 Å². The summed E-state index contributed by atoms with van der Waals surface area (Å²) in [5.74, 6) is -0.943. The first kappa shape index (κ1) is 61.3. The molecule has 0 radical (unpaired) electrons. The van der Waals surface area contributed by atoms with Gasteiger partial charge in [0.15, 0.2) is 6.10 Å². The van der Waals surface area contributed by atoms with Crippen molar-refractivity contribution < 1.29 is 28.6 Å². The van der Waals surface area contributed by atoms with E-state index in [0.29, 0.717) is 19.3 Å². The van der Waals surface area contributed by atoms with Gasteiger partial charge in [0.25, 0.3) is 0 Å². The number of hydrogen-bond donors (Lipinski definition) is 0. The van der Waals surface area contributed by atoms with E-state index < -0.39 is 6.10 Å². The van der Waals surface area contributed by atoms with Gasteiger partial charge in [-0.15, -0.1) is 0 Å². The van der Waals surface area contributed by atoms with Crippen molar-refractivity contribution in [1.29, 1.82) is 0 Å². The molecule has 0 spiro atoms. The number of allylic oxidation sites excluding steroid dienone is 16. The van der Waals surface area contributed by atoms with Crippen LogP contribution in [0.3, 0.4) is 0 Å². The van der Waals surface area contributed by atoms with E-state index in [1.54, 1.807) is 0 Å². The lowest BCUT2D eigenvalue weighted by Gasteiger charge is -2.18. The first-order valence-electron chi connectivity index (χ1n) is 26.7. The smallest absolute Gasteiger partial charge is 0.306 e. The summed E-state index contributed by atoms with van der Waals surface area (Å²) >= 11 is 0. The number of carbonyl (C=O) groups excluding carboxylic acids is 3. The van der Waals surface area contributed by atoms with E-state index in [4.69, 9.17) is 14.2 Å². The summed E-state index contributed by atoms with van der Waals surface area (Å²) in [6, 6.07) is 0. The highest BCUT2D eigenvalue weighted by molar-refractivity contribution is 5.71. The molecule has 1 unspecified atom stereocenters. The van der Waals surface area contributed by atoms with Crippen LogP contribution in [0.1, 0.15) is 239 Å². The highest BCUT2D eigenvalue weighted by atomic mass is 16.6. The van der Waals surface area contributed by atoms with Gasteiger partial charge in [0.1, 0.15) is 13.2 Å². The van der Waals surface area contributed by atoms with Crippen molar-refractivity contribution in [3.05, 3.63) is 97.2 Å². The average Bonchev–Trinajstić information content (AvgIpc) is 3.30. The second-order valence-corrected chi connectivity index (χ2v) is 17.4. The molecular formula is C59H98O6. The van der Waals surface area contributed by atoms with Crippen LogP contribution in [0.2, 0.25) is 0 Å². The van der Waals surface area contributed by atoms with E-state index in [1.165, 1.54) is 64.2 Å². The van der Waals surface area contributed by atoms with Gasteiger partial charge in [0, 0.05) is 19.3 Å². The standard InChI is InChI=1S/C59H98O6/c1-4-7-10-13-16-19-22-25-27-29-31-34-37-40-43-46-49-52-58(61)64-55-56(54-63-57(60)51-48-45-42-39-36-33-24-21-18-15-12-9-6-3)65-59(62)53-50-47-44-41-38-35-32-30-28-26-23-20-17-14-11-8-5-2/h7-8,10-11,16-17,19-20,25-28,31-32,34-35,56H,4-6,9,12-15,18,21-24,29-30,33,36-55H2,1-3H3/b10-7-,11-8-,19-16-,20-17-,27-25-,28-26-,34-31-,35-32-. The average molecular weight is 903 g/mol. The SMILES string of the molecule is CC/C=C\C/C=C\C/C=C\C/C=C\CCCCCCC(=O)OCC(COC(=O)CCCCCCCCCCCCCCC)OC(=O)CCCCCC/C=C\C/C=C\C/C=C\C/C=C\CC. The Balaban J connectivity index is 4.48. The van der Waals surface area contributed by atoms with Gasteiger partial charge >= 0.3 is 17.9 Å². The summed E-state index contributed by atoms with van der Waals surface area (Å²) in [6.45, 7) is 6.37. The quantitative estimate of drug-likeness (QED) is 0.0262. The van der Waals surface area contributed by atoms with E-state index in [2.05, 4.69) is 118 Å². The lowest BCUT2D eigenvalue weighted by atomic mass is 10.0. The molecule has 0 heterocycles. The Bertz CT molecular complexity index is 1310. The number of ether oxygens (including phenoxy) is 3. The number of unbranched alkanes of at least 4 members (excludes halogenated alkanes) is 20. The number of esters is 3. The Morgan fingerprint density at radius 1 is 0.323 bits per heavy atom. The summed E-state index contributed by atoms with van der Waals surface area (Å²) in [7, 11) is 0. The van der Waals surface area contributed by atoms with Crippen molar-refractivity contribution in [2.24, 2.45) is 0 Å². The zero-order chi connectivity index (χ0) is 47.2. The highest BCUT2D eigenvalue weighted by Crippen LogP contribution is 2.14. The molecule has 6 heteroatoms. The molecule has 0 aromatic carbocycles. The lowest BCUT2D eigenvalue weighted by molar-refractivity contribution is -0.167. The minimum absolute atomic E-state index is 0.0948. The molecule has 370 valence electrons. The van der Waals surface area contributed by atoms with Crippen molar-refractivity contribution in [1.82, 2.24) is 0 Å². The minimum Gasteiger partial charge on any atom is -0.462 e. The van der Waals surface area contributed by atoms with E-state index >= 15 is 0 Å². The summed E-state index contributed by atoms with van der Waals surface area (Å²) in [6.07, 6.45) is 69.6. The predicted octanol–water partition coefficient (Wildman–Crippen LogP) is 17.8. The fraction of sp³-hybridized carbons (Fsp3) is 0.678. The zero-order valence-corrected chi connectivity index (χ0v) is 42.2. The number of hydrogen-bond acceptors (Lipinski definition) is 6. The molecule has 1 atom stereocenters. The van der Waals surface area contributed by atoms with E-state index in [9.17, 15) is 14.4 Å². The fourth-order valence-corrected chi connectivity index (χ4v) is 7.13. The second kappa shape index (κ2) is 52.9. The first-order chi connectivity index (χ1) is 32.0. The van der Waals surface area contributed by atoms with Gasteiger partial charge in [0.2, 0.25) is 0 Å². The van der Waals surface area contributed by atoms with Crippen LogP contribution in [0.25, 0.3) is 0 Å². The fourth-order valence-electron chi connectivity index (χ4n) is 7.13. The van der Waals surface area contributed by atoms with E-state index in [1.807, 2.05) is 0 Å². The van der Waals surface area contributed by atoms with Crippen molar-refractivity contribution in [3.63, 3.8) is 0 Å². The molecule has 0 aliphatic carbocycles. The van der Waals surface area contributed by atoms with E-state index in [-0.39, 0.29) is 31.1 Å². The maximum Gasteiger partial charge on any atom is 0.306 e. The second-order valence-electron chi connectivity index (χ2n) is 17.4. The molecule has 0 N–H and O–H groups in total. The van der Waals surface area contributed by atoms with Gasteiger partial charge in [-0.25, -0.2) is 0 Å². The molecule has 0 rings (SSSR count). The third-order valence-corrected chi connectivity index (χ3v) is 11.1. The Labute approximate surface area is 400 Å². The van der Waals surface area contributed by atoms with Crippen LogP contribution in [0, 0.1) is 0 Å². The minimum atomic E-state index is -0.800. The summed E-state index contributed by atoms with van der Waals surface area (Å²) in [5.41, 5.74) is 0.